The summed E-state index contributed by atoms with van der Waals surface area (Å²) in [6.45, 7) is 3.19. The summed E-state index contributed by atoms with van der Waals surface area (Å²) in [4.78, 5) is 14.8. The number of nitrogens with zero attached hydrogens (tertiary/aromatic N) is 3. The number of hydrogen-bond donors (Lipinski definition) is 0. The third-order valence-corrected chi connectivity index (χ3v) is 4.73. The number of amides is 1. The molecule has 0 fully saturated rings. The summed E-state index contributed by atoms with van der Waals surface area (Å²) in [5.41, 5.74) is 4.59. The molecular formula is C20H18FN3O. The van der Waals surface area contributed by atoms with Gasteiger partial charge in [-0.15, -0.1) is 0 Å². The number of hydrogen-bond acceptors (Lipinski definition) is 2. The van der Waals surface area contributed by atoms with E-state index in [0.717, 1.165) is 17.8 Å². The Hall–Kier alpha value is -2.95. The van der Waals surface area contributed by atoms with E-state index >= 15 is 0 Å². The second kappa shape index (κ2) is 6.16. The molecule has 0 N–H and O–H groups in total. The molecule has 2 heterocycles. The molecule has 0 saturated heterocycles. The molecule has 0 saturated carbocycles. The van der Waals surface area contributed by atoms with Gasteiger partial charge in [0.05, 0.1) is 23.1 Å². The monoisotopic (exact) mass is 335 g/mol. The number of fused-ring (bicyclic) bond motifs is 1. The van der Waals surface area contributed by atoms with Crippen LogP contribution < -0.4 is 0 Å². The first-order valence-corrected chi connectivity index (χ1v) is 8.30. The zero-order valence-corrected chi connectivity index (χ0v) is 13.9. The predicted molar refractivity (Wildman–Crippen MR) is 93.1 cm³/mol. The fraction of sp³-hybridized carbons (Fsp3) is 0.200. The highest BCUT2D eigenvalue weighted by atomic mass is 19.1. The number of benzene rings is 2. The number of rotatable bonds is 2. The van der Waals surface area contributed by atoms with Crippen LogP contribution in [0.25, 0.3) is 5.69 Å². The molecule has 1 aliphatic rings. The quantitative estimate of drug-likeness (QED) is 0.719. The van der Waals surface area contributed by atoms with E-state index in [-0.39, 0.29) is 11.7 Å². The van der Waals surface area contributed by atoms with E-state index in [1.54, 1.807) is 23.0 Å². The van der Waals surface area contributed by atoms with Crippen molar-refractivity contribution in [1.29, 1.82) is 0 Å². The van der Waals surface area contributed by atoms with Crippen LogP contribution >= 0.6 is 0 Å². The minimum atomic E-state index is -0.295. The molecule has 0 bridgehead atoms. The summed E-state index contributed by atoms with van der Waals surface area (Å²) in [6.07, 6.45) is 2.47. The Kier molecular flexibility index (Phi) is 3.84. The standard InChI is InChI=1S/C20H18FN3O/c1-14-19(12-22-24(14)18-8-6-17(21)7-9-18)20(25)23-11-10-15-4-2-3-5-16(15)13-23/h2-9,12H,10-11,13H2,1H3. The van der Waals surface area contributed by atoms with Gasteiger partial charge in [-0.2, -0.15) is 5.10 Å². The van der Waals surface area contributed by atoms with Crippen molar-refractivity contribution in [3.05, 3.63) is 82.9 Å². The van der Waals surface area contributed by atoms with Crippen molar-refractivity contribution < 1.29 is 9.18 Å². The number of carbonyl (C=O) groups excluding carboxylic acids is 1. The van der Waals surface area contributed by atoms with Crippen molar-refractivity contribution in [3.8, 4) is 5.69 Å². The van der Waals surface area contributed by atoms with Crippen LogP contribution in [0.3, 0.4) is 0 Å². The molecule has 4 nitrogen and oxygen atoms in total. The summed E-state index contributed by atoms with van der Waals surface area (Å²) < 4.78 is 14.8. The number of carbonyl (C=O) groups is 1. The summed E-state index contributed by atoms with van der Waals surface area (Å²) >= 11 is 0. The fourth-order valence-corrected chi connectivity index (χ4v) is 3.30. The van der Waals surface area contributed by atoms with Crippen molar-refractivity contribution in [1.82, 2.24) is 14.7 Å². The lowest BCUT2D eigenvalue weighted by Crippen LogP contribution is -2.36. The first-order chi connectivity index (χ1) is 12.1. The lowest BCUT2D eigenvalue weighted by atomic mass is 9.99. The maximum absolute atomic E-state index is 13.1. The van der Waals surface area contributed by atoms with Gasteiger partial charge in [-0.05, 0) is 48.7 Å². The molecule has 0 unspecified atom stereocenters. The molecule has 1 aromatic heterocycles. The minimum Gasteiger partial charge on any atom is -0.334 e. The second-order valence-electron chi connectivity index (χ2n) is 6.28. The molecule has 25 heavy (non-hydrogen) atoms. The zero-order chi connectivity index (χ0) is 17.4. The van der Waals surface area contributed by atoms with Crippen molar-refractivity contribution in [2.75, 3.05) is 6.54 Å². The summed E-state index contributed by atoms with van der Waals surface area (Å²) in [7, 11) is 0. The zero-order valence-electron chi connectivity index (χ0n) is 13.9. The van der Waals surface area contributed by atoms with Crippen LogP contribution in [0.15, 0.2) is 54.7 Å². The Morgan fingerprint density at radius 2 is 1.80 bits per heavy atom. The number of halogens is 1. The Morgan fingerprint density at radius 1 is 1.08 bits per heavy atom. The van der Waals surface area contributed by atoms with Gasteiger partial charge in [-0.25, -0.2) is 9.07 Å². The van der Waals surface area contributed by atoms with E-state index < -0.39 is 0 Å². The van der Waals surface area contributed by atoms with E-state index in [0.29, 0.717) is 18.7 Å². The van der Waals surface area contributed by atoms with Crippen molar-refractivity contribution >= 4 is 5.91 Å². The van der Waals surface area contributed by atoms with Crippen LogP contribution in [0.1, 0.15) is 27.2 Å². The Labute approximate surface area is 145 Å². The van der Waals surface area contributed by atoms with Gasteiger partial charge in [0.1, 0.15) is 5.82 Å². The van der Waals surface area contributed by atoms with Crippen LogP contribution in [0.2, 0.25) is 0 Å². The SMILES string of the molecule is Cc1c(C(=O)N2CCc3ccccc3C2)cnn1-c1ccc(F)cc1. The normalized spacial score (nSPS) is 13.6. The Bertz CT molecular complexity index is 930. The second-order valence-corrected chi connectivity index (χ2v) is 6.28. The first-order valence-electron chi connectivity index (χ1n) is 8.30. The molecule has 1 aliphatic heterocycles. The molecule has 0 atom stereocenters. The first kappa shape index (κ1) is 15.6. The molecule has 1 amide bonds. The van der Waals surface area contributed by atoms with Gasteiger partial charge in [0.2, 0.25) is 0 Å². The van der Waals surface area contributed by atoms with E-state index in [4.69, 9.17) is 0 Å². The molecule has 0 spiro atoms. The highest BCUT2D eigenvalue weighted by molar-refractivity contribution is 5.95. The van der Waals surface area contributed by atoms with Gasteiger partial charge >= 0.3 is 0 Å². The molecule has 126 valence electrons. The third-order valence-electron chi connectivity index (χ3n) is 4.73. The molecule has 0 aliphatic carbocycles. The largest absolute Gasteiger partial charge is 0.334 e. The maximum atomic E-state index is 13.1. The average molecular weight is 335 g/mol. The minimum absolute atomic E-state index is 0.0136. The molecular weight excluding hydrogens is 317 g/mol. The highest BCUT2D eigenvalue weighted by Crippen LogP contribution is 2.22. The summed E-state index contributed by atoms with van der Waals surface area (Å²) in [6, 6.07) is 14.3. The number of aromatic nitrogens is 2. The van der Waals surface area contributed by atoms with Crippen molar-refractivity contribution in [3.63, 3.8) is 0 Å². The van der Waals surface area contributed by atoms with Crippen LogP contribution in [-0.2, 0) is 13.0 Å². The van der Waals surface area contributed by atoms with E-state index in [1.807, 2.05) is 24.0 Å². The van der Waals surface area contributed by atoms with Gasteiger partial charge < -0.3 is 4.90 Å². The van der Waals surface area contributed by atoms with E-state index in [2.05, 4.69) is 17.2 Å². The third kappa shape index (κ3) is 2.82. The predicted octanol–water partition coefficient (Wildman–Crippen LogP) is 3.52. The average Bonchev–Trinajstić information content (AvgIpc) is 3.03. The van der Waals surface area contributed by atoms with E-state index in [9.17, 15) is 9.18 Å². The Morgan fingerprint density at radius 3 is 2.56 bits per heavy atom. The molecule has 0 radical (unpaired) electrons. The molecule has 5 heteroatoms. The Balaban J connectivity index is 1.60. The van der Waals surface area contributed by atoms with Crippen molar-refractivity contribution in [2.24, 2.45) is 0 Å². The van der Waals surface area contributed by atoms with Gasteiger partial charge in [0, 0.05) is 13.1 Å². The van der Waals surface area contributed by atoms with Gasteiger partial charge in [-0.3, -0.25) is 4.79 Å². The lowest BCUT2D eigenvalue weighted by molar-refractivity contribution is 0.0734. The van der Waals surface area contributed by atoms with Gasteiger partial charge in [0.15, 0.2) is 0 Å². The topological polar surface area (TPSA) is 38.1 Å². The summed E-state index contributed by atoms with van der Waals surface area (Å²) in [5, 5.41) is 4.32. The van der Waals surface area contributed by atoms with E-state index in [1.165, 1.54) is 23.3 Å². The van der Waals surface area contributed by atoms with Crippen LogP contribution in [0.5, 0.6) is 0 Å². The van der Waals surface area contributed by atoms with Gasteiger partial charge in [0.25, 0.3) is 5.91 Å². The van der Waals surface area contributed by atoms with Crippen LogP contribution in [0.4, 0.5) is 4.39 Å². The van der Waals surface area contributed by atoms with Crippen LogP contribution in [-0.4, -0.2) is 27.1 Å². The van der Waals surface area contributed by atoms with Crippen LogP contribution in [0, 0.1) is 12.7 Å². The summed E-state index contributed by atoms with van der Waals surface area (Å²) in [5.74, 6) is -0.308. The lowest BCUT2D eigenvalue weighted by Gasteiger charge is -2.28. The smallest absolute Gasteiger partial charge is 0.257 e. The van der Waals surface area contributed by atoms with Gasteiger partial charge in [-0.1, -0.05) is 24.3 Å². The molecule has 2 aromatic carbocycles. The molecule has 3 aromatic rings. The maximum Gasteiger partial charge on any atom is 0.257 e. The fourth-order valence-electron chi connectivity index (χ4n) is 3.30. The molecule has 4 rings (SSSR count). The van der Waals surface area contributed by atoms with Crippen molar-refractivity contribution in [2.45, 2.75) is 19.9 Å². The highest BCUT2D eigenvalue weighted by Gasteiger charge is 2.24.